The summed E-state index contributed by atoms with van der Waals surface area (Å²) in [4.78, 5) is 14.4. The molecule has 1 unspecified atom stereocenters. The van der Waals surface area contributed by atoms with E-state index in [9.17, 15) is 4.79 Å². The maximum Gasteiger partial charge on any atom is 0.317 e. The Morgan fingerprint density at radius 1 is 1.38 bits per heavy atom. The van der Waals surface area contributed by atoms with E-state index in [2.05, 4.69) is 12.2 Å². The van der Waals surface area contributed by atoms with Gasteiger partial charge in [0.05, 0.1) is 12.6 Å². The van der Waals surface area contributed by atoms with Crippen LogP contribution in [0.5, 0.6) is 0 Å². The number of methoxy groups -OCH3 is 1. The summed E-state index contributed by atoms with van der Waals surface area (Å²) >= 11 is 0. The topological polar surface area (TPSA) is 50.8 Å². The first-order chi connectivity index (χ1) is 10.2. The number of rotatable bonds is 6. The number of hydrogen-bond acceptors (Lipinski definition) is 3. The SMILES string of the molecule is CCCCC(COC)NC(=O)N1CCC2(CCOCC2)C1. The molecule has 2 amide bonds. The molecule has 2 saturated heterocycles. The van der Waals surface area contributed by atoms with Crippen molar-refractivity contribution in [2.24, 2.45) is 5.41 Å². The highest BCUT2D eigenvalue weighted by Gasteiger charge is 2.41. The minimum atomic E-state index is 0.0801. The van der Waals surface area contributed by atoms with Crippen LogP contribution < -0.4 is 5.32 Å². The van der Waals surface area contributed by atoms with Gasteiger partial charge in [-0.05, 0) is 31.1 Å². The van der Waals surface area contributed by atoms with Gasteiger partial charge in [-0.1, -0.05) is 19.8 Å². The van der Waals surface area contributed by atoms with E-state index in [0.29, 0.717) is 12.0 Å². The lowest BCUT2D eigenvalue weighted by molar-refractivity contribution is 0.0207. The minimum absolute atomic E-state index is 0.0801. The van der Waals surface area contributed by atoms with E-state index in [-0.39, 0.29) is 12.1 Å². The van der Waals surface area contributed by atoms with Crippen LogP contribution >= 0.6 is 0 Å². The van der Waals surface area contributed by atoms with Gasteiger partial charge in [-0.15, -0.1) is 0 Å². The van der Waals surface area contributed by atoms with Crippen LogP contribution in [0.1, 0.15) is 45.4 Å². The fraction of sp³-hybridized carbons (Fsp3) is 0.938. The van der Waals surface area contributed by atoms with Gasteiger partial charge in [-0.25, -0.2) is 4.79 Å². The zero-order chi connectivity index (χ0) is 15.1. The van der Waals surface area contributed by atoms with Crippen LogP contribution in [0.3, 0.4) is 0 Å². The molecule has 1 spiro atoms. The zero-order valence-corrected chi connectivity index (χ0v) is 13.5. The van der Waals surface area contributed by atoms with Crippen molar-refractivity contribution in [2.75, 3.05) is 40.0 Å². The van der Waals surface area contributed by atoms with Gasteiger partial charge in [0.2, 0.25) is 0 Å². The number of hydrogen-bond donors (Lipinski definition) is 1. The van der Waals surface area contributed by atoms with Crippen LogP contribution in [0.25, 0.3) is 0 Å². The summed E-state index contributed by atoms with van der Waals surface area (Å²) < 4.78 is 10.7. The highest BCUT2D eigenvalue weighted by molar-refractivity contribution is 5.75. The molecule has 5 heteroatoms. The maximum atomic E-state index is 12.4. The summed E-state index contributed by atoms with van der Waals surface area (Å²) in [5.41, 5.74) is 0.315. The van der Waals surface area contributed by atoms with Gasteiger partial charge in [0.1, 0.15) is 0 Å². The van der Waals surface area contributed by atoms with E-state index in [4.69, 9.17) is 9.47 Å². The summed E-state index contributed by atoms with van der Waals surface area (Å²) in [5.74, 6) is 0. The molecule has 0 saturated carbocycles. The van der Waals surface area contributed by atoms with Crippen molar-refractivity contribution in [1.82, 2.24) is 10.2 Å². The molecule has 1 atom stereocenters. The minimum Gasteiger partial charge on any atom is -0.383 e. The van der Waals surface area contributed by atoms with Gasteiger partial charge in [0, 0.05) is 33.4 Å². The third kappa shape index (κ3) is 4.58. The fourth-order valence-corrected chi connectivity index (χ4v) is 3.44. The molecule has 2 aliphatic rings. The first-order valence-electron chi connectivity index (χ1n) is 8.31. The number of urea groups is 1. The molecule has 0 radical (unpaired) electrons. The Kier molecular flexibility index (Phi) is 6.30. The largest absolute Gasteiger partial charge is 0.383 e. The van der Waals surface area contributed by atoms with Crippen LogP contribution in [0.2, 0.25) is 0 Å². The second-order valence-corrected chi connectivity index (χ2v) is 6.53. The van der Waals surface area contributed by atoms with Crippen LogP contribution in [0, 0.1) is 5.41 Å². The van der Waals surface area contributed by atoms with E-state index in [1.54, 1.807) is 7.11 Å². The van der Waals surface area contributed by atoms with Gasteiger partial charge in [0.15, 0.2) is 0 Å². The maximum absolute atomic E-state index is 12.4. The predicted molar refractivity (Wildman–Crippen MR) is 82.4 cm³/mol. The van der Waals surface area contributed by atoms with Crippen molar-refractivity contribution in [3.05, 3.63) is 0 Å². The van der Waals surface area contributed by atoms with Gasteiger partial charge in [-0.3, -0.25) is 0 Å². The Labute approximate surface area is 128 Å². The lowest BCUT2D eigenvalue weighted by Crippen LogP contribution is -2.46. The van der Waals surface area contributed by atoms with Crippen molar-refractivity contribution < 1.29 is 14.3 Å². The first kappa shape index (κ1) is 16.6. The summed E-state index contributed by atoms with van der Waals surface area (Å²) in [7, 11) is 1.69. The predicted octanol–water partition coefficient (Wildman–Crippen LogP) is 2.40. The number of ether oxygens (including phenoxy) is 2. The summed E-state index contributed by atoms with van der Waals surface area (Å²) in [5, 5.41) is 3.15. The molecule has 0 aromatic heterocycles. The highest BCUT2D eigenvalue weighted by atomic mass is 16.5. The van der Waals surface area contributed by atoms with Gasteiger partial charge in [0.25, 0.3) is 0 Å². The van der Waals surface area contributed by atoms with Crippen molar-refractivity contribution in [2.45, 2.75) is 51.5 Å². The number of carbonyl (C=O) groups is 1. The van der Waals surface area contributed by atoms with Crippen molar-refractivity contribution >= 4 is 6.03 Å². The molecule has 2 aliphatic heterocycles. The number of unbranched alkanes of at least 4 members (excludes halogenated alkanes) is 1. The fourth-order valence-electron chi connectivity index (χ4n) is 3.44. The summed E-state index contributed by atoms with van der Waals surface area (Å²) in [6, 6.07) is 0.213. The normalized spacial score (nSPS) is 22.5. The molecule has 2 fully saturated rings. The van der Waals surface area contributed by atoms with E-state index < -0.39 is 0 Å². The number of likely N-dealkylation sites (tertiary alicyclic amines) is 1. The smallest absolute Gasteiger partial charge is 0.317 e. The summed E-state index contributed by atoms with van der Waals surface area (Å²) in [6.45, 7) is 6.21. The summed E-state index contributed by atoms with van der Waals surface area (Å²) in [6.07, 6.45) is 6.55. The van der Waals surface area contributed by atoms with Crippen molar-refractivity contribution in [3.63, 3.8) is 0 Å². The van der Waals surface area contributed by atoms with E-state index in [1.165, 1.54) is 0 Å². The number of nitrogens with one attached hydrogen (secondary N) is 1. The average Bonchev–Trinajstić information content (AvgIpc) is 2.89. The van der Waals surface area contributed by atoms with Crippen LogP contribution in [0.15, 0.2) is 0 Å². The Morgan fingerprint density at radius 3 is 2.81 bits per heavy atom. The van der Waals surface area contributed by atoms with Gasteiger partial charge < -0.3 is 19.7 Å². The van der Waals surface area contributed by atoms with Crippen LogP contribution in [0.4, 0.5) is 4.79 Å². The molecule has 122 valence electrons. The van der Waals surface area contributed by atoms with E-state index in [1.807, 2.05) is 4.90 Å². The number of carbonyl (C=O) groups excluding carboxylic acids is 1. The Morgan fingerprint density at radius 2 is 2.14 bits per heavy atom. The van der Waals surface area contributed by atoms with Gasteiger partial charge >= 0.3 is 6.03 Å². The molecule has 2 rings (SSSR count). The molecular formula is C16H30N2O3. The number of nitrogens with zero attached hydrogens (tertiary/aromatic N) is 1. The Hall–Kier alpha value is -0.810. The second-order valence-electron chi connectivity index (χ2n) is 6.53. The van der Waals surface area contributed by atoms with Crippen LogP contribution in [-0.4, -0.2) is 57.0 Å². The quantitative estimate of drug-likeness (QED) is 0.819. The molecule has 5 nitrogen and oxygen atoms in total. The van der Waals surface area contributed by atoms with E-state index >= 15 is 0 Å². The molecule has 0 aliphatic carbocycles. The monoisotopic (exact) mass is 298 g/mol. The van der Waals surface area contributed by atoms with E-state index in [0.717, 1.165) is 64.8 Å². The zero-order valence-electron chi connectivity index (χ0n) is 13.5. The van der Waals surface area contributed by atoms with Crippen LogP contribution in [-0.2, 0) is 9.47 Å². The Balaban J connectivity index is 1.82. The molecule has 1 N–H and O–H groups in total. The lowest BCUT2D eigenvalue weighted by atomic mass is 9.80. The third-order valence-corrected chi connectivity index (χ3v) is 4.88. The highest BCUT2D eigenvalue weighted by Crippen LogP contribution is 2.39. The van der Waals surface area contributed by atoms with Gasteiger partial charge in [-0.2, -0.15) is 0 Å². The molecule has 0 bridgehead atoms. The standard InChI is InChI=1S/C16H30N2O3/c1-3-4-5-14(12-20-2)17-15(19)18-9-6-16(13-18)7-10-21-11-8-16/h14H,3-13H2,1-2H3,(H,17,19). The first-order valence-corrected chi connectivity index (χ1v) is 8.31. The Bertz CT molecular complexity index is 329. The molecule has 0 aromatic rings. The van der Waals surface area contributed by atoms with Crippen molar-refractivity contribution in [3.8, 4) is 0 Å². The molecule has 0 aromatic carbocycles. The number of amides is 2. The third-order valence-electron chi connectivity index (χ3n) is 4.88. The molecular weight excluding hydrogens is 268 g/mol. The molecule has 2 heterocycles. The molecule has 21 heavy (non-hydrogen) atoms. The lowest BCUT2D eigenvalue weighted by Gasteiger charge is -2.33. The average molecular weight is 298 g/mol. The second kappa shape index (κ2) is 7.99. The van der Waals surface area contributed by atoms with Crippen molar-refractivity contribution in [1.29, 1.82) is 0 Å².